The van der Waals surface area contributed by atoms with Crippen molar-refractivity contribution in [2.24, 2.45) is 0 Å². The van der Waals surface area contributed by atoms with Crippen molar-refractivity contribution in [3.8, 4) is 0 Å². The molecule has 0 fully saturated rings. The van der Waals surface area contributed by atoms with Crippen molar-refractivity contribution in [2.75, 3.05) is 0 Å². The lowest BCUT2D eigenvalue weighted by Gasteiger charge is -1.98. The Morgan fingerprint density at radius 1 is 1.55 bits per heavy atom. The molecule has 0 aliphatic rings. The molecule has 4 heteroatoms. The summed E-state index contributed by atoms with van der Waals surface area (Å²) in [6, 6.07) is 2.58. The van der Waals surface area contributed by atoms with E-state index < -0.39 is 0 Å². The summed E-state index contributed by atoms with van der Waals surface area (Å²) in [4.78, 5) is 10.4. The Balaban J connectivity index is 3.36. The largest absolute Gasteiger partial charge is 0.298 e. The summed E-state index contributed by atoms with van der Waals surface area (Å²) in [6.45, 7) is 0. The molecular weight excluding hydrogens is 326 g/mol. The van der Waals surface area contributed by atoms with Gasteiger partial charge in [-0.05, 0) is 50.7 Å². The number of carbonyl (C=O) groups is 1. The standard InChI is InChI=1S/C7H3BrFIO/c8-6-1-4(9)2-7(10)5(6)3-11/h1-3H. The Hall–Kier alpha value is 0.0300. The normalized spacial score (nSPS) is 9.73. The predicted octanol–water partition coefficient (Wildman–Crippen LogP) is 3.01. The first kappa shape index (κ1) is 9.12. The molecule has 0 spiro atoms. The zero-order valence-corrected chi connectivity index (χ0v) is 9.02. The Bertz CT molecular complexity index is 277. The third kappa shape index (κ3) is 1.99. The van der Waals surface area contributed by atoms with Gasteiger partial charge >= 0.3 is 0 Å². The molecule has 0 amide bonds. The lowest BCUT2D eigenvalue weighted by molar-refractivity contribution is 0.112. The van der Waals surface area contributed by atoms with Gasteiger partial charge in [0.05, 0.1) is 0 Å². The summed E-state index contributed by atoms with van der Waals surface area (Å²) < 4.78 is 13.7. The van der Waals surface area contributed by atoms with Crippen LogP contribution in [-0.2, 0) is 0 Å². The van der Waals surface area contributed by atoms with Crippen LogP contribution in [0.5, 0.6) is 0 Å². The zero-order chi connectivity index (χ0) is 8.43. The Morgan fingerprint density at radius 2 is 2.18 bits per heavy atom. The SMILES string of the molecule is O=Cc1c(Br)cc(F)cc1I. The summed E-state index contributed by atoms with van der Waals surface area (Å²) in [7, 11) is 0. The van der Waals surface area contributed by atoms with Gasteiger partial charge in [0.15, 0.2) is 6.29 Å². The fourth-order valence-corrected chi connectivity index (χ4v) is 2.28. The van der Waals surface area contributed by atoms with Gasteiger partial charge in [-0.15, -0.1) is 0 Å². The molecule has 0 unspecified atom stereocenters. The molecule has 0 saturated carbocycles. The van der Waals surface area contributed by atoms with Gasteiger partial charge in [-0.25, -0.2) is 4.39 Å². The van der Waals surface area contributed by atoms with Crippen LogP contribution >= 0.6 is 38.5 Å². The van der Waals surface area contributed by atoms with E-state index >= 15 is 0 Å². The zero-order valence-electron chi connectivity index (χ0n) is 5.27. The third-order valence-corrected chi connectivity index (χ3v) is 2.71. The van der Waals surface area contributed by atoms with Crippen LogP contribution in [0.15, 0.2) is 16.6 Å². The highest BCUT2D eigenvalue weighted by Gasteiger charge is 2.05. The maximum absolute atomic E-state index is 12.6. The summed E-state index contributed by atoms with van der Waals surface area (Å²) in [5.41, 5.74) is 0.493. The highest BCUT2D eigenvalue weighted by molar-refractivity contribution is 14.1. The molecule has 11 heavy (non-hydrogen) atoms. The fraction of sp³-hybridized carbons (Fsp3) is 0. The van der Waals surface area contributed by atoms with E-state index in [9.17, 15) is 9.18 Å². The van der Waals surface area contributed by atoms with Crippen molar-refractivity contribution in [1.82, 2.24) is 0 Å². The molecule has 0 heterocycles. The number of halogens is 3. The number of aldehydes is 1. The summed E-state index contributed by atoms with van der Waals surface area (Å²) in [5, 5.41) is 0. The van der Waals surface area contributed by atoms with E-state index in [4.69, 9.17) is 0 Å². The van der Waals surface area contributed by atoms with Gasteiger partial charge < -0.3 is 0 Å². The summed E-state index contributed by atoms with van der Waals surface area (Å²) >= 11 is 4.99. The maximum atomic E-state index is 12.6. The van der Waals surface area contributed by atoms with Crippen LogP contribution in [0.1, 0.15) is 10.4 Å². The molecule has 0 N–H and O–H groups in total. The third-order valence-electron chi connectivity index (χ3n) is 1.16. The number of benzene rings is 1. The first-order chi connectivity index (χ1) is 5.15. The molecule has 0 bridgehead atoms. The molecule has 1 aromatic rings. The van der Waals surface area contributed by atoms with Crippen LogP contribution in [0.25, 0.3) is 0 Å². The second kappa shape index (κ2) is 3.62. The number of hydrogen-bond acceptors (Lipinski definition) is 1. The van der Waals surface area contributed by atoms with E-state index in [1.165, 1.54) is 12.1 Å². The van der Waals surface area contributed by atoms with E-state index in [-0.39, 0.29) is 5.82 Å². The van der Waals surface area contributed by atoms with Crippen molar-refractivity contribution >= 4 is 44.8 Å². The highest BCUT2D eigenvalue weighted by Crippen LogP contribution is 2.21. The van der Waals surface area contributed by atoms with Gasteiger partial charge in [0.25, 0.3) is 0 Å². The topological polar surface area (TPSA) is 17.1 Å². The molecule has 0 aliphatic carbocycles. The molecular formula is C7H3BrFIO. The molecule has 58 valence electrons. The van der Waals surface area contributed by atoms with E-state index in [0.29, 0.717) is 19.9 Å². The number of hydrogen-bond donors (Lipinski definition) is 0. The van der Waals surface area contributed by atoms with Crippen LogP contribution in [-0.4, -0.2) is 6.29 Å². The van der Waals surface area contributed by atoms with E-state index in [0.717, 1.165) is 0 Å². The minimum Gasteiger partial charge on any atom is -0.298 e. The van der Waals surface area contributed by atoms with Crippen molar-refractivity contribution in [2.45, 2.75) is 0 Å². The van der Waals surface area contributed by atoms with Gasteiger partial charge in [0.2, 0.25) is 0 Å². The average Bonchev–Trinajstić information content (AvgIpc) is 1.85. The predicted molar refractivity (Wildman–Crippen MR) is 52.2 cm³/mol. The van der Waals surface area contributed by atoms with Crippen LogP contribution in [0.3, 0.4) is 0 Å². The highest BCUT2D eigenvalue weighted by atomic mass is 127. The molecule has 1 rings (SSSR count). The van der Waals surface area contributed by atoms with Crippen LogP contribution < -0.4 is 0 Å². The first-order valence-corrected chi connectivity index (χ1v) is 4.62. The van der Waals surface area contributed by atoms with E-state index in [2.05, 4.69) is 15.9 Å². The number of rotatable bonds is 1. The van der Waals surface area contributed by atoms with Crippen LogP contribution in [0.2, 0.25) is 0 Å². The molecule has 0 aromatic heterocycles. The van der Waals surface area contributed by atoms with Crippen molar-refractivity contribution in [1.29, 1.82) is 0 Å². The first-order valence-electron chi connectivity index (χ1n) is 2.75. The maximum Gasteiger partial charge on any atom is 0.152 e. The molecule has 1 nitrogen and oxygen atoms in total. The van der Waals surface area contributed by atoms with Gasteiger partial charge in [0, 0.05) is 13.6 Å². The van der Waals surface area contributed by atoms with Crippen LogP contribution in [0, 0.1) is 9.39 Å². The van der Waals surface area contributed by atoms with Gasteiger partial charge in [-0.1, -0.05) is 0 Å². The summed E-state index contributed by atoms with van der Waals surface area (Å²) in [6.07, 6.45) is 0.700. The van der Waals surface area contributed by atoms with Gasteiger partial charge in [-0.2, -0.15) is 0 Å². The minimum atomic E-state index is -0.341. The quantitative estimate of drug-likeness (QED) is 0.572. The molecule has 0 atom stereocenters. The van der Waals surface area contributed by atoms with Crippen LogP contribution in [0.4, 0.5) is 4.39 Å². The Labute approximate surface area is 85.3 Å². The fourth-order valence-electron chi connectivity index (χ4n) is 0.666. The summed E-state index contributed by atoms with van der Waals surface area (Å²) in [5.74, 6) is -0.341. The van der Waals surface area contributed by atoms with E-state index in [1.807, 2.05) is 22.6 Å². The van der Waals surface area contributed by atoms with Gasteiger partial charge in [0.1, 0.15) is 5.82 Å². The van der Waals surface area contributed by atoms with Crippen molar-refractivity contribution < 1.29 is 9.18 Å². The minimum absolute atomic E-state index is 0.341. The Morgan fingerprint density at radius 3 is 2.64 bits per heavy atom. The lowest BCUT2D eigenvalue weighted by atomic mass is 10.2. The molecule has 0 aliphatic heterocycles. The lowest BCUT2D eigenvalue weighted by Crippen LogP contribution is -1.89. The molecule has 1 aromatic carbocycles. The van der Waals surface area contributed by atoms with Crippen molar-refractivity contribution in [3.05, 3.63) is 31.6 Å². The molecule has 0 saturated heterocycles. The average molecular weight is 329 g/mol. The van der Waals surface area contributed by atoms with Crippen molar-refractivity contribution in [3.63, 3.8) is 0 Å². The Kier molecular flexibility index (Phi) is 3.00. The monoisotopic (exact) mass is 328 g/mol. The van der Waals surface area contributed by atoms with Gasteiger partial charge in [-0.3, -0.25) is 4.79 Å². The second-order valence-corrected chi connectivity index (χ2v) is 3.92. The van der Waals surface area contributed by atoms with E-state index in [1.54, 1.807) is 0 Å². The number of carbonyl (C=O) groups excluding carboxylic acids is 1. The second-order valence-electron chi connectivity index (χ2n) is 1.90. The molecule has 0 radical (unpaired) electrons. The smallest absolute Gasteiger partial charge is 0.152 e.